The van der Waals surface area contributed by atoms with Crippen LogP contribution in [0.15, 0.2) is 0 Å². The average Bonchev–Trinajstić information content (AvgIpc) is 2.03. The summed E-state index contributed by atoms with van der Waals surface area (Å²) < 4.78 is 0. The molecule has 0 bridgehead atoms. The van der Waals surface area contributed by atoms with E-state index in [-0.39, 0.29) is 11.8 Å². The maximum atomic E-state index is 10.4. The molecule has 0 aromatic rings. The first kappa shape index (κ1) is 11.1. The molecule has 1 amide bonds. The molecule has 12 heavy (non-hydrogen) atoms. The summed E-state index contributed by atoms with van der Waals surface area (Å²) >= 11 is 0. The molecule has 0 heterocycles. The number of carbonyl (C=O) groups is 2. The SMILES string of the molecule is CC(=O)NCCCCC(C)C=O. The first-order valence-electron chi connectivity index (χ1n) is 4.36. The molecule has 0 aliphatic carbocycles. The lowest BCUT2D eigenvalue weighted by Gasteiger charge is -2.03. The predicted molar refractivity (Wildman–Crippen MR) is 47.8 cm³/mol. The van der Waals surface area contributed by atoms with Crippen LogP contribution in [0.4, 0.5) is 0 Å². The van der Waals surface area contributed by atoms with Gasteiger partial charge in [0.05, 0.1) is 0 Å². The lowest BCUT2D eigenvalue weighted by molar-refractivity contribution is -0.119. The standard InChI is InChI=1S/C9H17NO2/c1-8(7-11)5-3-4-6-10-9(2)12/h7-8H,3-6H2,1-2H3,(H,10,12). The van der Waals surface area contributed by atoms with Crippen molar-refractivity contribution in [3.8, 4) is 0 Å². The molecule has 1 N–H and O–H groups in total. The maximum Gasteiger partial charge on any atom is 0.216 e. The lowest BCUT2D eigenvalue weighted by atomic mass is 10.1. The van der Waals surface area contributed by atoms with Gasteiger partial charge in [-0.1, -0.05) is 13.3 Å². The molecule has 0 saturated heterocycles. The highest BCUT2D eigenvalue weighted by atomic mass is 16.1. The van der Waals surface area contributed by atoms with E-state index >= 15 is 0 Å². The second kappa shape index (κ2) is 6.83. The van der Waals surface area contributed by atoms with Gasteiger partial charge in [-0.3, -0.25) is 4.79 Å². The van der Waals surface area contributed by atoms with E-state index in [2.05, 4.69) is 5.32 Å². The van der Waals surface area contributed by atoms with Crippen molar-refractivity contribution < 1.29 is 9.59 Å². The Labute approximate surface area is 73.5 Å². The number of carbonyl (C=O) groups excluding carboxylic acids is 2. The summed E-state index contributed by atoms with van der Waals surface area (Å²) in [7, 11) is 0. The fourth-order valence-electron chi connectivity index (χ4n) is 0.924. The topological polar surface area (TPSA) is 46.2 Å². The number of hydrogen-bond acceptors (Lipinski definition) is 2. The van der Waals surface area contributed by atoms with E-state index in [9.17, 15) is 9.59 Å². The molecule has 3 nitrogen and oxygen atoms in total. The first-order chi connectivity index (χ1) is 5.66. The Balaban J connectivity index is 3.10. The molecule has 0 aliphatic heterocycles. The fraction of sp³-hybridized carbons (Fsp3) is 0.778. The molecule has 3 heteroatoms. The Morgan fingerprint density at radius 1 is 1.50 bits per heavy atom. The molecular weight excluding hydrogens is 154 g/mol. The first-order valence-corrected chi connectivity index (χ1v) is 4.36. The largest absolute Gasteiger partial charge is 0.356 e. The minimum Gasteiger partial charge on any atom is -0.356 e. The zero-order chi connectivity index (χ0) is 9.40. The van der Waals surface area contributed by atoms with Crippen LogP contribution in [0, 0.1) is 5.92 Å². The second-order valence-corrected chi connectivity index (χ2v) is 3.09. The summed E-state index contributed by atoms with van der Waals surface area (Å²) in [6, 6.07) is 0. The van der Waals surface area contributed by atoms with Gasteiger partial charge in [-0.15, -0.1) is 0 Å². The van der Waals surface area contributed by atoms with Crippen molar-refractivity contribution >= 4 is 12.2 Å². The van der Waals surface area contributed by atoms with E-state index in [4.69, 9.17) is 0 Å². The zero-order valence-corrected chi connectivity index (χ0v) is 7.80. The molecule has 70 valence electrons. The van der Waals surface area contributed by atoms with Gasteiger partial charge in [0.15, 0.2) is 0 Å². The van der Waals surface area contributed by atoms with E-state index < -0.39 is 0 Å². The molecule has 0 aromatic heterocycles. The number of amides is 1. The highest BCUT2D eigenvalue weighted by Crippen LogP contribution is 2.03. The van der Waals surface area contributed by atoms with Crippen LogP contribution in [0.5, 0.6) is 0 Å². The van der Waals surface area contributed by atoms with Gasteiger partial charge >= 0.3 is 0 Å². The van der Waals surface area contributed by atoms with Crippen LogP contribution < -0.4 is 5.32 Å². The number of nitrogens with one attached hydrogen (secondary N) is 1. The van der Waals surface area contributed by atoms with Crippen molar-refractivity contribution in [3.63, 3.8) is 0 Å². The molecule has 0 radical (unpaired) electrons. The smallest absolute Gasteiger partial charge is 0.216 e. The molecule has 0 spiro atoms. The van der Waals surface area contributed by atoms with Crippen LogP contribution in [0.1, 0.15) is 33.1 Å². The van der Waals surface area contributed by atoms with Crippen molar-refractivity contribution in [3.05, 3.63) is 0 Å². The molecule has 0 saturated carbocycles. The summed E-state index contributed by atoms with van der Waals surface area (Å²) in [5.74, 6) is 0.167. The third kappa shape index (κ3) is 7.25. The minimum absolute atomic E-state index is 0.0124. The normalized spacial score (nSPS) is 12.2. The van der Waals surface area contributed by atoms with E-state index in [1.165, 1.54) is 6.92 Å². The van der Waals surface area contributed by atoms with Crippen LogP contribution >= 0.6 is 0 Å². The fourth-order valence-corrected chi connectivity index (χ4v) is 0.924. The van der Waals surface area contributed by atoms with Crippen LogP contribution in [0.2, 0.25) is 0 Å². The van der Waals surface area contributed by atoms with Crippen LogP contribution in [0.25, 0.3) is 0 Å². The van der Waals surface area contributed by atoms with E-state index in [0.29, 0.717) is 0 Å². The summed E-state index contributed by atoms with van der Waals surface area (Å²) in [5, 5.41) is 2.71. The lowest BCUT2D eigenvalue weighted by Crippen LogP contribution is -2.20. The summed E-state index contributed by atoms with van der Waals surface area (Å²) in [6.45, 7) is 4.14. The Morgan fingerprint density at radius 2 is 2.17 bits per heavy atom. The van der Waals surface area contributed by atoms with Gasteiger partial charge in [-0.25, -0.2) is 0 Å². The van der Waals surface area contributed by atoms with E-state index in [0.717, 1.165) is 32.1 Å². The monoisotopic (exact) mass is 171 g/mol. The molecule has 0 rings (SSSR count). The van der Waals surface area contributed by atoms with Crippen molar-refractivity contribution in [2.75, 3.05) is 6.54 Å². The third-order valence-corrected chi connectivity index (χ3v) is 1.69. The van der Waals surface area contributed by atoms with E-state index in [1.807, 2.05) is 6.92 Å². The molecule has 1 atom stereocenters. The molecule has 0 aromatic carbocycles. The van der Waals surface area contributed by atoms with Gasteiger partial charge in [0.2, 0.25) is 5.91 Å². The van der Waals surface area contributed by atoms with Gasteiger partial charge in [-0.05, 0) is 12.8 Å². The highest BCUT2D eigenvalue weighted by molar-refractivity contribution is 5.72. The minimum atomic E-state index is 0.0124. The van der Waals surface area contributed by atoms with Gasteiger partial charge in [0.25, 0.3) is 0 Å². The quantitative estimate of drug-likeness (QED) is 0.481. The molecule has 1 unspecified atom stereocenters. The summed E-state index contributed by atoms with van der Waals surface area (Å²) in [5.41, 5.74) is 0. The van der Waals surface area contributed by atoms with Gasteiger partial charge < -0.3 is 10.1 Å². The van der Waals surface area contributed by atoms with Crippen molar-refractivity contribution in [1.29, 1.82) is 0 Å². The highest BCUT2D eigenvalue weighted by Gasteiger charge is 1.98. The number of aldehydes is 1. The van der Waals surface area contributed by atoms with Crippen LogP contribution in [-0.2, 0) is 9.59 Å². The number of hydrogen-bond donors (Lipinski definition) is 1. The molecular formula is C9H17NO2. The van der Waals surface area contributed by atoms with Gasteiger partial charge in [0.1, 0.15) is 6.29 Å². The predicted octanol–water partition coefficient (Wildman–Crippen LogP) is 1.13. The van der Waals surface area contributed by atoms with Crippen LogP contribution in [-0.4, -0.2) is 18.7 Å². The van der Waals surface area contributed by atoms with Crippen molar-refractivity contribution in [2.24, 2.45) is 5.92 Å². The second-order valence-electron chi connectivity index (χ2n) is 3.09. The van der Waals surface area contributed by atoms with Crippen LogP contribution in [0.3, 0.4) is 0 Å². The van der Waals surface area contributed by atoms with E-state index in [1.54, 1.807) is 0 Å². The maximum absolute atomic E-state index is 10.4. The third-order valence-electron chi connectivity index (χ3n) is 1.69. The van der Waals surface area contributed by atoms with Gasteiger partial charge in [-0.2, -0.15) is 0 Å². The van der Waals surface area contributed by atoms with Crippen molar-refractivity contribution in [2.45, 2.75) is 33.1 Å². The number of unbranched alkanes of at least 4 members (excludes halogenated alkanes) is 1. The summed E-state index contributed by atoms with van der Waals surface area (Å²) in [6.07, 6.45) is 3.85. The Morgan fingerprint density at radius 3 is 2.67 bits per heavy atom. The molecule has 0 fully saturated rings. The zero-order valence-electron chi connectivity index (χ0n) is 7.80. The average molecular weight is 171 g/mol. The van der Waals surface area contributed by atoms with Crippen molar-refractivity contribution in [1.82, 2.24) is 5.32 Å². The molecule has 0 aliphatic rings. The van der Waals surface area contributed by atoms with Gasteiger partial charge in [0, 0.05) is 19.4 Å². The number of rotatable bonds is 6. The summed E-state index contributed by atoms with van der Waals surface area (Å²) in [4.78, 5) is 20.6. The Kier molecular flexibility index (Phi) is 6.34. The Bertz CT molecular complexity index is 145. The Hall–Kier alpha value is -0.860.